The third-order valence-electron chi connectivity index (χ3n) is 7.01. The van der Waals surface area contributed by atoms with Crippen molar-refractivity contribution < 1.29 is 19.4 Å². The molecule has 1 fully saturated rings. The molecule has 3 unspecified atom stereocenters. The van der Waals surface area contributed by atoms with Gasteiger partial charge in [0.15, 0.2) is 0 Å². The summed E-state index contributed by atoms with van der Waals surface area (Å²) < 4.78 is 12.6. The van der Waals surface area contributed by atoms with Gasteiger partial charge in [0.25, 0.3) is 5.56 Å². The Morgan fingerprint density at radius 1 is 1.24 bits per heavy atom. The number of aliphatic hydroxyl groups is 1. The van der Waals surface area contributed by atoms with Gasteiger partial charge in [-0.05, 0) is 56.4 Å². The summed E-state index contributed by atoms with van der Waals surface area (Å²) in [5.74, 6) is -0.220. The minimum atomic E-state index is -0.881. The van der Waals surface area contributed by atoms with Crippen LogP contribution in [-0.4, -0.2) is 53.7 Å². The third kappa shape index (κ3) is 6.17. The van der Waals surface area contributed by atoms with Gasteiger partial charge in [-0.3, -0.25) is 14.9 Å². The van der Waals surface area contributed by atoms with Crippen LogP contribution in [0.15, 0.2) is 35.3 Å². The van der Waals surface area contributed by atoms with Crippen molar-refractivity contribution in [1.29, 1.82) is 0 Å². The van der Waals surface area contributed by atoms with Crippen molar-refractivity contribution in [2.24, 2.45) is 13.0 Å². The summed E-state index contributed by atoms with van der Waals surface area (Å²) in [6.07, 6.45) is 2.78. The normalized spacial score (nSPS) is 19.4. The number of aliphatic hydroxyl groups excluding tert-OH is 1. The second kappa shape index (κ2) is 11.7. The highest BCUT2D eigenvalue weighted by Crippen LogP contribution is 2.44. The molecular formula is C28H40N4O5. The molecule has 3 heterocycles. The molecule has 1 aromatic heterocycles. The molecule has 0 saturated carbocycles. The average molecular weight is 513 g/mol. The molecule has 202 valence electrons. The quantitative estimate of drug-likeness (QED) is 0.441. The first-order valence-corrected chi connectivity index (χ1v) is 13.2. The lowest BCUT2D eigenvalue weighted by Crippen LogP contribution is -2.45. The van der Waals surface area contributed by atoms with Crippen molar-refractivity contribution in [2.75, 3.05) is 30.0 Å². The van der Waals surface area contributed by atoms with E-state index in [1.807, 2.05) is 39.1 Å². The maximum Gasteiger partial charge on any atom is 0.325 e. The van der Waals surface area contributed by atoms with Crippen LogP contribution in [0.1, 0.15) is 56.5 Å². The van der Waals surface area contributed by atoms with Crippen molar-refractivity contribution in [1.82, 2.24) is 9.88 Å². The first kappa shape index (κ1) is 27.2. The minimum Gasteiger partial charge on any atom is -0.464 e. The van der Waals surface area contributed by atoms with Crippen molar-refractivity contribution in [3.8, 4) is 0 Å². The van der Waals surface area contributed by atoms with Crippen LogP contribution >= 0.6 is 0 Å². The molecule has 9 heteroatoms. The number of hydrogen-bond donors (Lipinski definition) is 3. The molecule has 2 aliphatic heterocycles. The molecule has 3 N–H and O–H groups in total. The summed E-state index contributed by atoms with van der Waals surface area (Å²) in [5, 5.41) is 17.0. The van der Waals surface area contributed by atoms with Crippen molar-refractivity contribution >= 4 is 17.3 Å². The zero-order valence-corrected chi connectivity index (χ0v) is 22.5. The summed E-state index contributed by atoms with van der Waals surface area (Å²) in [5.41, 5.74) is 4.84. The predicted molar refractivity (Wildman–Crippen MR) is 144 cm³/mol. The standard InChI is InChI=1S/C28H40N4O5/c1-17(2)16-37-28(35)25(19(4)33)29-14-20-6-7-24-23(13-20)30-26(32(24)22-8-10-36-11-9-22)21-12-18(3)27(34)31(5)15-21/h6-7,12-13,15,17,19,22,25-26,29-30,33H,8-11,14,16H2,1-5H3. The lowest BCUT2D eigenvalue weighted by atomic mass is 10.0. The van der Waals surface area contributed by atoms with E-state index >= 15 is 0 Å². The molecule has 2 aliphatic rings. The molecule has 0 spiro atoms. The van der Waals surface area contributed by atoms with Crippen LogP contribution in [-0.2, 0) is 27.9 Å². The molecule has 0 radical (unpaired) electrons. The molecule has 3 atom stereocenters. The van der Waals surface area contributed by atoms with Crippen molar-refractivity contribution in [2.45, 2.75) is 71.4 Å². The fraction of sp³-hybridized carbons (Fsp3) is 0.571. The van der Waals surface area contributed by atoms with Gasteiger partial charge in [-0.15, -0.1) is 0 Å². The number of ether oxygens (including phenoxy) is 2. The first-order valence-electron chi connectivity index (χ1n) is 13.2. The molecule has 0 amide bonds. The van der Waals surface area contributed by atoms with Crippen LogP contribution < -0.4 is 21.1 Å². The van der Waals surface area contributed by atoms with E-state index in [-0.39, 0.29) is 17.6 Å². The molecule has 0 aliphatic carbocycles. The lowest BCUT2D eigenvalue weighted by molar-refractivity contribution is -0.150. The number of aryl methyl sites for hydroxylation is 2. The second-order valence-electron chi connectivity index (χ2n) is 10.6. The number of esters is 1. The first-order chi connectivity index (χ1) is 17.7. The van der Waals surface area contributed by atoms with Crippen LogP contribution in [0.5, 0.6) is 0 Å². The fourth-order valence-electron chi connectivity index (χ4n) is 5.08. The Labute approximate surface area is 218 Å². The Bertz CT molecular complexity index is 1130. The van der Waals surface area contributed by atoms with Crippen LogP contribution in [0.3, 0.4) is 0 Å². The van der Waals surface area contributed by atoms with Crippen LogP contribution in [0.25, 0.3) is 0 Å². The van der Waals surface area contributed by atoms with Crippen LogP contribution in [0.2, 0.25) is 0 Å². The number of pyridine rings is 1. The number of fused-ring (bicyclic) bond motifs is 1. The SMILES string of the molecule is Cc1cc(C2Nc3cc(CNC(C(=O)OCC(C)C)C(C)O)ccc3N2C2CCOCC2)cn(C)c1=O. The Hall–Kier alpha value is -2.88. The van der Waals surface area contributed by atoms with E-state index in [0.29, 0.717) is 24.8 Å². The maximum atomic E-state index is 12.5. The highest BCUT2D eigenvalue weighted by atomic mass is 16.5. The molecule has 37 heavy (non-hydrogen) atoms. The molecule has 0 bridgehead atoms. The number of nitrogens with zero attached hydrogens (tertiary/aromatic N) is 2. The molecule has 9 nitrogen and oxygen atoms in total. The number of benzene rings is 1. The van der Waals surface area contributed by atoms with Gasteiger partial charge < -0.3 is 29.4 Å². The number of anilines is 2. The summed E-state index contributed by atoms with van der Waals surface area (Å²) in [7, 11) is 1.79. The van der Waals surface area contributed by atoms with Crippen molar-refractivity contribution in [3.63, 3.8) is 0 Å². The second-order valence-corrected chi connectivity index (χ2v) is 10.6. The van der Waals surface area contributed by atoms with E-state index in [0.717, 1.165) is 48.6 Å². The number of aromatic nitrogens is 1. The summed E-state index contributed by atoms with van der Waals surface area (Å²) in [6.45, 7) is 9.57. The minimum absolute atomic E-state index is 0.00447. The zero-order valence-electron chi connectivity index (χ0n) is 22.5. The van der Waals surface area contributed by atoms with Gasteiger partial charge in [-0.25, -0.2) is 0 Å². The third-order valence-corrected chi connectivity index (χ3v) is 7.01. The van der Waals surface area contributed by atoms with E-state index in [9.17, 15) is 14.7 Å². The van der Waals surface area contributed by atoms with E-state index in [4.69, 9.17) is 9.47 Å². The Kier molecular flexibility index (Phi) is 8.56. The Morgan fingerprint density at radius 3 is 2.62 bits per heavy atom. The summed E-state index contributed by atoms with van der Waals surface area (Å²) >= 11 is 0. The number of carbonyl (C=O) groups excluding carboxylic acids is 1. The summed E-state index contributed by atoms with van der Waals surface area (Å²) in [6, 6.07) is 7.72. The van der Waals surface area contributed by atoms with E-state index in [2.05, 4.69) is 27.7 Å². The highest BCUT2D eigenvalue weighted by molar-refractivity contribution is 5.78. The van der Waals surface area contributed by atoms with E-state index in [1.165, 1.54) is 0 Å². The highest BCUT2D eigenvalue weighted by Gasteiger charge is 2.36. The Morgan fingerprint density at radius 2 is 1.97 bits per heavy atom. The number of nitrogens with one attached hydrogen (secondary N) is 2. The zero-order chi connectivity index (χ0) is 26.7. The maximum absolute atomic E-state index is 12.5. The van der Waals surface area contributed by atoms with Gasteiger partial charge in [0, 0.05) is 50.2 Å². The number of rotatable bonds is 9. The van der Waals surface area contributed by atoms with Gasteiger partial charge >= 0.3 is 5.97 Å². The average Bonchev–Trinajstić information content (AvgIpc) is 3.25. The molecule has 2 aromatic rings. The van der Waals surface area contributed by atoms with Gasteiger partial charge in [-0.2, -0.15) is 0 Å². The van der Waals surface area contributed by atoms with Gasteiger partial charge in [0.05, 0.1) is 24.1 Å². The predicted octanol–water partition coefficient (Wildman–Crippen LogP) is 2.84. The van der Waals surface area contributed by atoms with E-state index < -0.39 is 18.1 Å². The summed E-state index contributed by atoms with van der Waals surface area (Å²) in [4.78, 5) is 27.2. The Balaban J connectivity index is 1.57. The smallest absolute Gasteiger partial charge is 0.325 e. The number of carbonyl (C=O) groups is 1. The van der Waals surface area contributed by atoms with Gasteiger partial charge in [0.2, 0.25) is 0 Å². The topological polar surface area (TPSA) is 105 Å². The largest absolute Gasteiger partial charge is 0.464 e. The van der Waals surface area contributed by atoms with Crippen molar-refractivity contribution in [3.05, 3.63) is 57.5 Å². The molecule has 4 rings (SSSR count). The molecule has 1 aromatic carbocycles. The van der Waals surface area contributed by atoms with Gasteiger partial charge in [-0.1, -0.05) is 19.9 Å². The monoisotopic (exact) mass is 512 g/mol. The van der Waals surface area contributed by atoms with E-state index in [1.54, 1.807) is 18.5 Å². The lowest BCUT2D eigenvalue weighted by Gasteiger charge is -2.37. The van der Waals surface area contributed by atoms with Crippen LogP contribution in [0, 0.1) is 12.8 Å². The molecular weight excluding hydrogens is 472 g/mol. The van der Waals surface area contributed by atoms with Crippen LogP contribution in [0.4, 0.5) is 11.4 Å². The fourth-order valence-corrected chi connectivity index (χ4v) is 5.08. The van der Waals surface area contributed by atoms with Gasteiger partial charge in [0.1, 0.15) is 12.2 Å². The molecule has 1 saturated heterocycles. The number of hydrogen-bond acceptors (Lipinski definition) is 8.